The number of hydrogen-bond acceptors (Lipinski definition) is 6. The minimum Gasteiger partial charge on any atom is -0.495 e. The van der Waals surface area contributed by atoms with E-state index in [9.17, 15) is 4.79 Å². The summed E-state index contributed by atoms with van der Waals surface area (Å²) in [7, 11) is 6.08. The lowest BCUT2D eigenvalue weighted by atomic mass is 10.1. The molecule has 0 unspecified atom stereocenters. The van der Waals surface area contributed by atoms with Crippen LogP contribution in [-0.2, 0) is 0 Å². The highest BCUT2D eigenvalue weighted by Crippen LogP contribution is 2.39. The van der Waals surface area contributed by atoms with Crippen molar-refractivity contribution in [3.63, 3.8) is 0 Å². The molecule has 0 amide bonds. The zero-order valence-electron chi connectivity index (χ0n) is 19.6. The lowest BCUT2D eigenvalue weighted by Gasteiger charge is -2.13. The third-order valence-electron chi connectivity index (χ3n) is 5.38. The van der Waals surface area contributed by atoms with Gasteiger partial charge >= 0.3 is 0 Å². The molecular weight excluding hydrogens is 432 g/mol. The number of methoxy groups -OCH3 is 4. The van der Waals surface area contributed by atoms with Crippen LogP contribution in [0.4, 0.5) is 0 Å². The Morgan fingerprint density at radius 1 is 0.765 bits per heavy atom. The van der Waals surface area contributed by atoms with Crippen LogP contribution in [0.1, 0.15) is 32.8 Å². The topological polar surface area (TPSA) is 67.1 Å². The summed E-state index contributed by atoms with van der Waals surface area (Å²) in [6, 6.07) is 16.4. The van der Waals surface area contributed by atoms with E-state index in [1.165, 1.54) is 26.9 Å². The van der Waals surface area contributed by atoms with Crippen LogP contribution < -0.4 is 18.9 Å². The predicted octanol–water partition coefficient (Wildman–Crippen LogP) is 5.41. The molecule has 0 radical (unpaired) electrons. The van der Waals surface area contributed by atoms with E-state index in [4.69, 9.17) is 23.4 Å². The van der Waals surface area contributed by atoms with Gasteiger partial charge in [0.05, 0.1) is 34.0 Å². The van der Waals surface area contributed by atoms with Crippen molar-refractivity contribution in [1.82, 2.24) is 0 Å². The molecule has 0 aliphatic rings. The fourth-order valence-corrected chi connectivity index (χ4v) is 3.58. The summed E-state index contributed by atoms with van der Waals surface area (Å²) >= 11 is 0. The van der Waals surface area contributed by atoms with E-state index >= 15 is 0 Å². The van der Waals surface area contributed by atoms with Gasteiger partial charge in [-0.05, 0) is 43.3 Å². The summed E-state index contributed by atoms with van der Waals surface area (Å²) in [5, 5.41) is 0.741. The Morgan fingerprint density at radius 2 is 1.41 bits per heavy atom. The Hall–Kier alpha value is -4.37. The summed E-state index contributed by atoms with van der Waals surface area (Å²) in [5.41, 5.74) is 3.64. The second-order valence-corrected chi connectivity index (χ2v) is 7.56. The second-order valence-electron chi connectivity index (χ2n) is 7.56. The van der Waals surface area contributed by atoms with Crippen LogP contribution in [0, 0.1) is 18.8 Å². The summed E-state index contributed by atoms with van der Waals surface area (Å²) in [5.74, 6) is 7.91. The molecule has 0 fully saturated rings. The van der Waals surface area contributed by atoms with Gasteiger partial charge in [-0.2, -0.15) is 0 Å². The Bertz CT molecular complexity index is 1390. The van der Waals surface area contributed by atoms with Crippen LogP contribution >= 0.6 is 0 Å². The van der Waals surface area contributed by atoms with E-state index in [1.807, 2.05) is 37.3 Å². The molecule has 34 heavy (non-hydrogen) atoms. The van der Waals surface area contributed by atoms with E-state index in [0.29, 0.717) is 39.7 Å². The lowest BCUT2D eigenvalue weighted by Crippen LogP contribution is -2.03. The number of ether oxygens (including phenoxy) is 4. The quantitative estimate of drug-likeness (QED) is 0.286. The number of benzene rings is 3. The molecule has 0 bridgehead atoms. The van der Waals surface area contributed by atoms with Crippen molar-refractivity contribution in [2.24, 2.45) is 0 Å². The SMILES string of the molecule is COc1cc2oc(C(=O)c3cc(OC)c(OC)c(OC)c3)cc2cc1C#Cc1ccc(C)cc1. The standard InChI is InChI=1S/C28H24O6/c1-17-6-8-18(9-7-17)10-11-19-12-20-13-24(34-23(20)16-22(19)30-2)27(29)21-14-25(31-3)28(33-5)26(15-21)32-4/h6-9,12-16H,1-5H3. The molecule has 4 aromatic rings. The predicted molar refractivity (Wildman–Crippen MR) is 129 cm³/mol. The van der Waals surface area contributed by atoms with E-state index < -0.39 is 0 Å². The molecule has 0 atom stereocenters. The molecule has 0 N–H and O–H groups in total. The van der Waals surface area contributed by atoms with Gasteiger partial charge in [-0.25, -0.2) is 0 Å². The molecular formula is C28H24O6. The summed E-state index contributed by atoms with van der Waals surface area (Å²) in [4.78, 5) is 13.2. The number of furan rings is 1. The van der Waals surface area contributed by atoms with Crippen LogP contribution in [-0.4, -0.2) is 34.2 Å². The van der Waals surface area contributed by atoms with Crippen LogP contribution in [0.25, 0.3) is 11.0 Å². The first-order chi connectivity index (χ1) is 16.5. The van der Waals surface area contributed by atoms with Crippen LogP contribution in [0.2, 0.25) is 0 Å². The van der Waals surface area contributed by atoms with E-state index in [1.54, 1.807) is 31.4 Å². The van der Waals surface area contributed by atoms with Crippen LogP contribution in [0.15, 0.2) is 59.0 Å². The number of carbonyl (C=O) groups excluding carboxylic acids is 1. The fourth-order valence-electron chi connectivity index (χ4n) is 3.58. The Labute approximate surface area is 198 Å². The molecule has 6 nitrogen and oxygen atoms in total. The maximum Gasteiger partial charge on any atom is 0.228 e. The first kappa shape index (κ1) is 22.8. The van der Waals surface area contributed by atoms with Gasteiger partial charge in [-0.3, -0.25) is 4.79 Å². The molecule has 4 rings (SSSR count). The monoisotopic (exact) mass is 456 g/mol. The first-order valence-corrected chi connectivity index (χ1v) is 10.5. The van der Waals surface area contributed by atoms with E-state index in [2.05, 4.69) is 11.8 Å². The molecule has 1 heterocycles. The zero-order valence-corrected chi connectivity index (χ0v) is 19.6. The van der Waals surface area contributed by atoms with Crippen molar-refractivity contribution in [1.29, 1.82) is 0 Å². The van der Waals surface area contributed by atoms with Crippen molar-refractivity contribution >= 4 is 16.8 Å². The van der Waals surface area contributed by atoms with Gasteiger partial charge in [-0.15, -0.1) is 0 Å². The molecule has 1 aromatic heterocycles. The van der Waals surface area contributed by atoms with Gasteiger partial charge in [0.2, 0.25) is 11.5 Å². The fraction of sp³-hybridized carbons (Fsp3) is 0.179. The third kappa shape index (κ3) is 4.41. The molecule has 172 valence electrons. The smallest absolute Gasteiger partial charge is 0.228 e. The van der Waals surface area contributed by atoms with Gasteiger partial charge in [-0.1, -0.05) is 29.5 Å². The highest BCUT2D eigenvalue weighted by molar-refractivity contribution is 6.09. The third-order valence-corrected chi connectivity index (χ3v) is 5.38. The largest absolute Gasteiger partial charge is 0.495 e. The van der Waals surface area contributed by atoms with Crippen LogP contribution in [0.5, 0.6) is 23.0 Å². The number of aryl methyl sites for hydroxylation is 1. The number of fused-ring (bicyclic) bond motifs is 1. The van der Waals surface area contributed by atoms with Gasteiger partial charge in [0.15, 0.2) is 17.3 Å². The lowest BCUT2D eigenvalue weighted by molar-refractivity contribution is 0.101. The minimum atomic E-state index is -0.318. The van der Waals surface area contributed by atoms with Crippen molar-refractivity contribution in [2.75, 3.05) is 28.4 Å². The van der Waals surface area contributed by atoms with Gasteiger partial charge in [0, 0.05) is 22.6 Å². The van der Waals surface area contributed by atoms with Crippen molar-refractivity contribution in [3.05, 3.63) is 82.6 Å². The summed E-state index contributed by atoms with van der Waals surface area (Å²) in [6.07, 6.45) is 0. The van der Waals surface area contributed by atoms with Gasteiger partial charge < -0.3 is 23.4 Å². The minimum absolute atomic E-state index is 0.176. The molecule has 0 saturated carbocycles. The Morgan fingerprint density at radius 3 is 2.00 bits per heavy atom. The molecule has 6 heteroatoms. The average Bonchev–Trinajstić information content (AvgIpc) is 3.29. The van der Waals surface area contributed by atoms with Crippen molar-refractivity contribution in [3.8, 4) is 34.8 Å². The first-order valence-electron chi connectivity index (χ1n) is 10.5. The highest BCUT2D eigenvalue weighted by Gasteiger charge is 2.21. The summed E-state index contributed by atoms with van der Waals surface area (Å²) in [6.45, 7) is 2.03. The maximum absolute atomic E-state index is 13.2. The molecule has 0 spiro atoms. The van der Waals surface area contributed by atoms with Gasteiger partial charge in [0.1, 0.15) is 11.3 Å². The zero-order chi connectivity index (χ0) is 24.2. The van der Waals surface area contributed by atoms with E-state index in [-0.39, 0.29) is 11.5 Å². The Balaban J connectivity index is 1.73. The van der Waals surface area contributed by atoms with Gasteiger partial charge in [0.25, 0.3) is 0 Å². The molecule has 0 saturated heterocycles. The molecule has 0 aliphatic carbocycles. The highest BCUT2D eigenvalue weighted by atomic mass is 16.5. The summed E-state index contributed by atoms with van der Waals surface area (Å²) < 4.78 is 27.4. The maximum atomic E-state index is 13.2. The Kier molecular flexibility index (Phi) is 6.46. The second kappa shape index (κ2) is 9.63. The number of hydrogen-bond donors (Lipinski definition) is 0. The average molecular weight is 456 g/mol. The number of rotatable bonds is 6. The molecule has 0 aliphatic heterocycles. The number of carbonyl (C=O) groups is 1. The van der Waals surface area contributed by atoms with E-state index in [0.717, 1.165) is 10.9 Å². The number of ketones is 1. The molecule has 3 aromatic carbocycles. The van der Waals surface area contributed by atoms with Crippen molar-refractivity contribution < 1.29 is 28.2 Å². The van der Waals surface area contributed by atoms with Crippen LogP contribution in [0.3, 0.4) is 0 Å². The van der Waals surface area contributed by atoms with Crippen molar-refractivity contribution in [2.45, 2.75) is 6.92 Å². The normalized spacial score (nSPS) is 10.4.